The van der Waals surface area contributed by atoms with Crippen LogP contribution in [0.3, 0.4) is 0 Å². The van der Waals surface area contributed by atoms with Gasteiger partial charge in [0, 0.05) is 0 Å². The van der Waals surface area contributed by atoms with Crippen molar-refractivity contribution in [1.29, 1.82) is 0 Å². The van der Waals surface area contributed by atoms with Gasteiger partial charge in [0.05, 0.1) is 25.8 Å². The van der Waals surface area contributed by atoms with Gasteiger partial charge in [-0.3, -0.25) is 14.4 Å². The number of rotatable bonds is 8. The van der Waals surface area contributed by atoms with E-state index in [-0.39, 0.29) is 29.3 Å². The van der Waals surface area contributed by atoms with Gasteiger partial charge in [-0.15, -0.1) is 0 Å². The van der Waals surface area contributed by atoms with Crippen LogP contribution in [-0.4, -0.2) is 31.6 Å². The third kappa shape index (κ3) is 5.04. The molecule has 40 heavy (non-hydrogen) atoms. The van der Waals surface area contributed by atoms with E-state index in [1.807, 2.05) is 0 Å². The topological polar surface area (TPSA) is 69.7 Å². The summed E-state index contributed by atoms with van der Waals surface area (Å²) in [4.78, 5) is 34.8. The first-order valence-electron chi connectivity index (χ1n) is 17.0. The van der Waals surface area contributed by atoms with Gasteiger partial charge in [-0.05, 0) is 98.7 Å². The van der Waals surface area contributed by atoms with E-state index in [0.717, 1.165) is 67.1 Å². The van der Waals surface area contributed by atoms with Crippen molar-refractivity contribution in [3.8, 4) is 0 Å². The predicted octanol–water partition coefficient (Wildman–Crippen LogP) is 7.89. The van der Waals surface area contributed by atoms with E-state index in [9.17, 15) is 14.4 Å². The second-order valence-electron chi connectivity index (χ2n) is 15.1. The Hall–Kier alpha value is -1.17. The van der Waals surface area contributed by atoms with Gasteiger partial charge in [-0.2, -0.15) is 0 Å². The molecule has 4 bridgehead atoms. The minimum atomic E-state index is -1.16. The average Bonchev–Trinajstić information content (AvgIpc) is 3.79. The van der Waals surface area contributed by atoms with E-state index in [0.29, 0.717) is 5.92 Å². The highest BCUT2D eigenvalue weighted by Crippen LogP contribution is 2.71. The fourth-order valence-corrected chi connectivity index (χ4v) is 14.2. The van der Waals surface area contributed by atoms with Crippen LogP contribution in [0.2, 0.25) is 24.2 Å². The largest absolute Gasteiger partial charge is 0.459 e. The molecule has 6 rings (SSSR count). The summed E-state index contributed by atoms with van der Waals surface area (Å²) < 4.78 is 10.9. The summed E-state index contributed by atoms with van der Waals surface area (Å²) in [7, 11) is -1.16. The maximum absolute atomic E-state index is 13.7. The number of cyclic esters (lactones) is 2. The first-order valence-corrected chi connectivity index (χ1v) is 19.8. The third-order valence-electron chi connectivity index (χ3n) is 14.0. The highest BCUT2D eigenvalue weighted by Gasteiger charge is 2.67. The Bertz CT molecular complexity index is 941. The van der Waals surface area contributed by atoms with Crippen LogP contribution in [0.1, 0.15) is 99.8 Å². The number of fused-ring (bicyclic) bond motifs is 9. The summed E-state index contributed by atoms with van der Waals surface area (Å²) in [6.45, 7) is 15.6. The molecule has 0 aromatic carbocycles. The van der Waals surface area contributed by atoms with Crippen molar-refractivity contribution in [2.75, 3.05) is 0 Å². The van der Waals surface area contributed by atoms with Crippen molar-refractivity contribution in [2.24, 2.45) is 65.1 Å². The normalized spacial score (nSPS) is 42.5. The lowest BCUT2D eigenvalue weighted by Crippen LogP contribution is -2.43. The molecule has 11 unspecified atom stereocenters. The molecule has 0 amide bonds. The first-order chi connectivity index (χ1) is 19.0. The summed E-state index contributed by atoms with van der Waals surface area (Å²) in [6.07, 6.45) is 9.90. The van der Waals surface area contributed by atoms with E-state index in [4.69, 9.17) is 4.74 Å². The molecule has 0 aromatic heterocycles. The van der Waals surface area contributed by atoms with Gasteiger partial charge in [-0.1, -0.05) is 72.6 Å². The van der Waals surface area contributed by atoms with E-state index >= 15 is 0 Å². The van der Waals surface area contributed by atoms with Crippen molar-refractivity contribution in [2.45, 2.75) is 130 Å². The first kappa shape index (κ1) is 30.3. The van der Waals surface area contributed by atoms with Gasteiger partial charge in [-0.25, -0.2) is 0 Å². The van der Waals surface area contributed by atoms with Gasteiger partial charge < -0.3 is 9.47 Å². The van der Waals surface area contributed by atoms with Crippen LogP contribution in [0.25, 0.3) is 0 Å². The standard InChI is InChI=1S/C28H48O2Si.C6H8O3/c1-6-31(7-2,8-3)14-13-28(11-9-10-12-28)30-27(29)24-16-20-15-23(24)26-22-17-21(25(20)26)18(4)19(22)5;1-3-4(2)6(8)9-5(3)7/h18-26H,6-17H2,1-5H3;3-4H,1-2H3. The molecular formula is C34H56O5Si. The van der Waals surface area contributed by atoms with Gasteiger partial charge >= 0.3 is 17.9 Å². The minimum absolute atomic E-state index is 0.105. The molecule has 6 heteroatoms. The average molecular weight is 573 g/mol. The third-order valence-corrected chi connectivity index (χ3v) is 19.8. The van der Waals surface area contributed by atoms with Crippen LogP contribution >= 0.6 is 0 Å². The summed E-state index contributed by atoms with van der Waals surface area (Å²) in [5.74, 6) is 6.12. The quantitative estimate of drug-likeness (QED) is 0.128. The van der Waals surface area contributed by atoms with E-state index in [1.54, 1.807) is 13.8 Å². The number of hydrogen-bond donors (Lipinski definition) is 0. The maximum atomic E-state index is 13.7. The van der Waals surface area contributed by atoms with Gasteiger partial charge in [0.15, 0.2) is 0 Å². The number of ether oxygens (including phenoxy) is 2. The van der Waals surface area contributed by atoms with Crippen LogP contribution < -0.4 is 0 Å². The van der Waals surface area contributed by atoms with Crippen molar-refractivity contribution in [3.05, 3.63) is 0 Å². The molecule has 5 saturated carbocycles. The summed E-state index contributed by atoms with van der Waals surface area (Å²) in [5, 5.41) is 0. The lowest BCUT2D eigenvalue weighted by molar-refractivity contribution is -0.169. The Morgan fingerprint density at radius 1 is 0.825 bits per heavy atom. The van der Waals surface area contributed by atoms with Crippen molar-refractivity contribution in [1.82, 2.24) is 0 Å². The maximum Gasteiger partial charge on any atom is 0.317 e. The van der Waals surface area contributed by atoms with Crippen LogP contribution in [-0.2, 0) is 23.9 Å². The molecular weight excluding hydrogens is 516 g/mol. The zero-order valence-electron chi connectivity index (χ0n) is 26.4. The fraction of sp³-hybridized carbons (Fsp3) is 0.912. The molecule has 11 atom stereocenters. The highest BCUT2D eigenvalue weighted by molar-refractivity contribution is 6.79. The van der Waals surface area contributed by atoms with Crippen LogP contribution in [0.5, 0.6) is 0 Å². The Labute approximate surface area is 244 Å². The Balaban J connectivity index is 0.000000306. The highest BCUT2D eigenvalue weighted by atomic mass is 28.3. The lowest BCUT2D eigenvalue weighted by Gasteiger charge is -2.43. The Morgan fingerprint density at radius 3 is 1.88 bits per heavy atom. The summed E-state index contributed by atoms with van der Waals surface area (Å²) in [6, 6.07) is 5.53. The van der Waals surface area contributed by atoms with E-state index in [2.05, 4.69) is 39.4 Å². The Morgan fingerprint density at radius 2 is 1.38 bits per heavy atom. The molecule has 6 aliphatic rings. The fourth-order valence-electron chi connectivity index (χ4n) is 10.7. The molecule has 1 aliphatic heterocycles. The number of carbonyl (C=O) groups is 3. The molecule has 6 fully saturated rings. The molecule has 0 radical (unpaired) electrons. The second kappa shape index (κ2) is 11.5. The number of carbonyl (C=O) groups excluding carboxylic acids is 3. The zero-order valence-corrected chi connectivity index (χ0v) is 27.4. The molecule has 5 nitrogen and oxygen atoms in total. The number of hydrogen-bond acceptors (Lipinski definition) is 5. The second-order valence-corrected chi connectivity index (χ2v) is 20.7. The summed E-state index contributed by atoms with van der Waals surface area (Å²) in [5.41, 5.74) is -0.105. The molecule has 1 saturated heterocycles. The monoisotopic (exact) mass is 572 g/mol. The van der Waals surface area contributed by atoms with Gasteiger partial charge in [0.2, 0.25) is 0 Å². The van der Waals surface area contributed by atoms with Crippen LogP contribution in [0.15, 0.2) is 0 Å². The minimum Gasteiger partial charge on any atom is -0.459 e. The van der Waals surface area contributed by atoms with Crippen molar-refractivity contribution >= 4 is 26.0 Å². The SMILES string of the molecule is CC1C(=O)OC(=O)C1C.CC[Si](CC)(CC)CCC1(OC(=O)C2CC3CC2C2C4CC(C(C)C4C)C32)CCCC1. The smallest absolute Gasteiger partial charge is 0.317 e. The predicted molar refractivity (Wildman–Crippen MR) is 160 cm³/mol. The van der Waals surface area contributed by atoms with Gasteiger partial charge in [0.25, 0.3) is 0 Å². The molecule has 1 heterocycles. The van der Waals surface area contributed by atoms with Crippen LogP contribution in [0, 0.1) is 65.1 Å². The van der Waals surface area contributed by atoms with Crippen molar-refractivity contribution in [3.63, 3.8) is 0 Å². The number of esters is 3. The lowest BCUT2D eigenvalue weighted by atomic mass is 9.62. The van der Waals surface area contributed by atoms with E-state index < -0.39 is 20.0 Å². The molecule has 226 valence electrons. The molecule has 0 N–H and O–H groups in total. The molecule has 0 aromatic rings. The van der Waals surface area contributed by atoms with Gasteiger partial charge in [0.1, 0.15) is 5.60 Å². The zero-order chi connectivity index (χ0) is 29.0. The molecule has 5 aliphatic carbocycles. The van der Waals surface area contributed by atoms with Crippen molar-refractivity contribution < 1.29 is 23.9 Å². The summed E-state index contributed by atoms with van der Waals surface area (Å²) >= 11 is 0. The van der Waals surface area contributed by atoms with Crippen LogP contribution in [0.4, 0.5) is 0 Å². The Kier molecular flexibility index (Phi) is 8.70. The molecule has 0 spiro atoms. The van der Waals surface area contributed by atoms with E-state index in [1.165, 1.54) is 49.9 Å².